The van der Waals surface area contributed by atoms with Crippen molar-refractivity contribution in [3.05, 3.63) is 39.9 Å². The molecule has 20 heavy (non-hydrogen) atoms. The molecule has 1 aromatic heterocycles. The van der Waals surface area contributed by atoms with E-state index in [2.05, 4.69) is 47.0 Å². The first-order valence-corrected chi connectivity index (χ1v) is 7.91. The smallest absolute Gasteiger partial charge is 0.122 e. The molecule has 106 valence electrons. The van der Waals surface area contributed by atoms with E-state index in [0.29, 0.717) is 0 Å². The minimum absolute atomic E-state index is 0.181. The number of aryl methyl sites for hydroxylation is 1. The topological polar surface area (TPSA) is 47.0 Å². The van der Waals surface area contributed by atoms with Crippen LogP contribution >= 0.6 is 11.5 Å². The molecular formula is C15H19N3OS. The highest BCUT2D eigenvalue weighted by molar-refractivity contribution is 7.05. The maximum absolute atomic E-state index is 5.59. The number of hydrogen-bond acceptors (Lipinski definition) is 5. The number of rotatable bonds is 5. The first-order valence-electron chi connectivity index (χ1n) is 7.13. The standard InChI is InChI=1S/C15H19N3OS/c1-3-12-15(20-18-17-12)14(16-4-2)11-5-6-13-10(9-11)7-8-19-13/h5-6,9,14,16H,3-4,7-8H2,1-2H3. The highest BCUT2D eigenvalue weighted by atomic mass is 32.1. The van der Waals surface area contributed by atoms with E-state index in [4.69, 9.17) is 4.74 Å². The summed E-state index contributed by atoms with van der Waals surface area (Å²) in [6.45, 7) is 5.97. The summed E-state index contributed by atoms with van der Waals surface area (Å²) in [5, 5.41) is 7.80. The van der Waals surface area contributed by atoms with Gasteiger partial charge in [0, 0.05) is 6.42 Å². The molecule has 0 aliphatic carbocycles. The lowest BCUT2D eigenvalue weighted by Crippen LogP contribution is -2.22. The van der Waals surface area contributed by atoms with E-state index in [-0.39, 0.29) is 6.04 Å². The van der Waals surface area contributed by atoms with Gasteiger partial charge in [-0.2, -0.15) is 0 Å². The van der Waals surface area contributed by atoms with E-state index in [1.807, 2.05) is 0 Å². The monoisotopic (exact) mass is 289 g/mol. The predicted octanol–water partition coefficient (Wildman–Crippen LogP) is 2.73. The third kappa shape index (κ3) is 2.43. The summed E-state index contributed by atoms with van der Waals surface area (Å²) in [4.78, 5) is 1.23. The summed E-state index contributed by atoms with van der Waals surface area (Å²) in [5.41, 5.74) is 3.68. The van der Waals surface area contributed by atoms with Crippen LogP contribution in [0, 0.1) is 0 Å². The lowest BCUT2D eigenvalue weighted by Gasteiger charge is -2.18. The van der Waals surface area contributed by atoms with Crippen molar-refractivity contribution >= 4 is 11.5 Å². The molecule has 0 fully saturated rings. The number of nitrogens with one attached hydrogen (secondary N) is 1. The normalized spacial score (nSPS) is 14.9. The second-order valence-electron chi connectivity index (χ2n) is 4.89. The predicted molar refractivity (Wildman–Crippen MR) is 80.4 cm³/mol. The molecule has 0 saturated heterocycles. The number of benzene rings is 1. The van der Waals surface area contributed by atoms with Gasteiger partial charge in [0.25, 0.3) is 0 Å². The van der Waals surface area contributed by atoms with E-state index in [1.54, 1.807) is 0 Å². The zero-order valence-electron chi connectivity index (χ0n) is 11.8. The highest BCUT2D eigenvalue weighted by Gasteiger charge is 2.22. The summed E-state index contributed by atoms with van der Waals surface area (Å²) >= 11 is 1.50. The Labute approximate surface area is 123 Å². The van der Waals surface area contributed by atoms with E-state index in [0.717, 1.165) is 37.4 Å². The Morgan fingerprint density at radius 2 is 2.30 bits per heavy atom. The van der Waals surface area contributed by atoms with E-state index in [9.17, 15) is 0 Å². The largest absolute Gasteiger partial charge is 0.493 e. The van der Waals surface area contributed by atoms with Gasteiger partial charge in [-0.3, -0.25) is 0 Å². The fourth-order valence-electron chi connectivity index (χ4n) is 2.63. The molecule has 0 amide bonds. The molecule has 0 saturated carbocycles. The Hall–Kier alpha value is -1.46. The first-order chi connectivity index (χ1) is 9.83. The van der Waals surface area contributed by atoms with Gasteiger partial charge in [0.1, 0.15) is 5.75 Å². The molecule has 0 bridgehead atoms. The van der Waals surface area contributed by atoms with Crippen molar-refractivity contribution in [3.8, 4) is 5.75 Å². The summed E-state index contributed by atoms with van der Waals surface area (Å²) in [7, 11) is 0. The van der Waals surface area contributed by atoms with Gasteiger partial charge in [-0.1, -0.05) is 30.5 Å². The van der Waals surface area contributed by atoms with Crippen LogP contribution in [-0.2, 0) is 12.8 Å². The van der Waals surface area contributed by atoms with Crippen LogP contribution in [0.5, 0.6) is 5.75 Å². The molecule has 0 radical (unpaired) electrons. The van der Waals surface area contributed by atoms with E-state index in [1.165, 1.54) is 27.5 Å². The summed E-state index contributed by atoms with van der Waals surface area (Å²) in [5.74, 6) is 1.03. The minimum atomic E-state index is 0.181. The number of nitrogens with zero attached hydrogens (tertiary/aromatic N) is 2. The number of aromatic nitrogens is 2. The fourth-order valence-corrected chi connectivity index (χ4v) is 3.47. The van der Waals surface area contributed by atoms with Gasteiger partial charge in [0.2, 0.25) is 0 Å². The third-order valence-corrected chi connectivity index (χ3v) is 4.47. The first kappa shape index (κ1) is 13.5. The van der Waals surface area contributed by atoms with Crippen LogP contribution in [0.1, 0.15) is 41.6 Å². The lowest BCUT2D eigenvalue weighted by atomic mass is 10.00. The van der Waals surface area contributed by atoms with Gasteiger partial charge in [0.15, 0.2) is 0 Å². The fraction of sp³-hybridized carbons (Fsp3) is 0.467. The second kappa shape index (κ2) is 5.89. The molecule has 2 aromatic rings. The summed E-state index contributed by atoms with van der Waals surface area (Å²) < 4.78 is 9.71. The van der Waals surface area contributed by atoms with E-state index >= 15 is 0 Å². The van der Waals surface area contributed by atoms with Crippen LogP contribution in [0.3, 0.4) is 0 Å². The van der Waals surface area contributed by atoms with Gasteiger partial charge in [-0.05, 0) is 41.7 Å². The van der Waals surface area contributed by atoms with Gasteiger partial charge >= 0.3 is 0 Å². The van der Waals surface area contributed by atoms with Crippen LogP contribution < -0.4 is 10.1 Å². The van der Waals surface area contributed by atoms with Gasteiger partial charge in [0.05, 0.1) is 23.2 Å². The molecule has 1 aromatic carbocycles. The average molecular weight is 289 g/mol. The maximum atomic E-state index is 5.59. The molecule has 1 aliphatic rings. The Morgan fingerprint density at radius 3 is 3.10 bits per heavy atom. The molecule has 2 heterocycles. The Morgan fingerprint density at radius 1 is 1.40 bits per heavy atom. The number of ether oxygens (including phenoxy) is 1. The summed E-state index contributed by atoms with van der Waals surface area (Å²) in [6.07, 6.45) is 1.92. The number of hydrogen-bond donors (Lipinski definition) is 1. The van der Waals surface area contributed by atoms with Crippen LogP contribution in [0.2, 0.25) is 0 Å². The van der Waals surface area contributed by atoms with Crippen molar-refractivity contribution in [2.75, 3.05) is 13.2 Å². The molecule has 1 N–H and O–H groups in total. The minimum Gasteiger partial charge on any atom is -0.493 e. The third-order valence-electron chi connectivity index (χ3n) is 3.64. The zero-order chi connectivity index (χ0) is 13.9. The zero-order valence-corrected chi connectivity index (χ0v) is 12.7. The quantitative estimate of drug-likeness (QED) is 0.919. The van der Waals surface area contributed by atoms with Gasteiger partial charge in [-0.25, -0.2) is 0 Å². The molecule has 1 unspecified atom stereocenters. The van der Waals surface area contributed by atoms with Crippen LogP contribution in [-0.4, -0.2) is 22.7 Å². The van der Waals surface area contributed by atoms with Crippen LogP contribution in [0.25, 0.3) is 0 Å². The SMILES string of the molecule is CCNC(c1ccc2c(c1)CCO2)c1snnc1CC. The summed E-state index contributed by atoms with van der Waals surface area (Å²) in [6, 6.07) is 6.67. The molecule has 1 atom stereocenters. The van der Waals surface area contributed by atoms with Crippen molar-refractivity contribution in [3.63, 3.8) is 0 Å². The van der Waals surface area contributed by atoms with Crippen molar-refractivity contribution in [2.24, 2.45) is 0 Å². The van der Waals surface area contributed by atoms with E-state index < -0.39 is 0 Å². The second-order valence-corrected chi connectivity index (χ2v) is 5.68. The molecule has 4 nitrogen and oxygen atoms in total. The van der Waals surface area contributed by atoms with Crippen LogP contribution in [0.4, 0.5) is 0 Å². The number of fused-ring (bicyclic) bond motifs is 1. The maximum Gasteiger partial charge on any atom is 0.122 e. The molecule has 1 aliphatic heterocycles. The Kier molecular flexibility index (Phi) is 3.98. The van der Waals surface area contributed by atoms with Crippen molar-refractivity contribution in [1.29, 1.82) is 0 Å². The van der Waals surface area contributed by atoms with Crippen LogP contribution in [0.15, 0.2) is 18.2 Å². The van der Waals surface area contributed by atoms with Crippen molar-refractivity contribution in [1.82, 2.24) is 14.9 Å². The highest BCUT2D eigenvalue weighted by Crippen LogP contribution is 2.32. The molecule has 3 rings (SSSR count). The molecule has 5 heteroatoms. The lowest BCUT2D eigenvalue weighted by molar-refractivity contribution is 0.357. The Bertz CT molecular complexity index is 597. The van der Waals surface area contributed by atoms with Gasteiger partial charge in [-0.15, -0.1) is 5.10 Å². The molecular weight excluding hydrogens is 270 g/mol. The van der Waals surface area contributed by atoms with Crippen molar-refractivity contribution in [2.45, 2.75) is 32.7 Å². The average Bonchev–Trinajstić information content (AvgIpc) is 3.12. The molecule has 0 spiro atoms. The van der Waals surface area contributed by atoms with Gasteiger partial charge < -0.3 is 10.1 Å². The Balaban J connectivity index is 1.98. The van der Waals surface area contributed by atoms with Crippen molar-refractivity contribution < 1.29 is 4.74 Å².